The molecule has 0 aliphatic carbocycles. The van der Waals surface area contributed by atoms with Gasteiger partial charge < -0.3 is 14.6 Å². The van der Waals surface area contributed by atoms with E-state index in [1.807, 2.05) is 0 Å². The van der Waals surface area contributed by atoms with Crippen LogP contribution in [-0.2, 0) is 0 Å². The molecule has 1 fully saturated rings. The normalized spacial score (nSPS) is 16.8. The van der Waals surface area contributed by atoms with Gasteiger partial charge in [0.1, 0.15) is 22.5 Å². The molecule has 1 N–H and O–H groups in total. The van der Waals surface area contributed by atoms with Crippen LogP contribution < -0.4 is 9.47 Å². The Kier molecular flexibility index (Phi) is 6.15. The molecule has 158 valence electrons. The van der Waals surface area contributed by atoms with Gasteiger partial charge in [0.25, 0.3) is 0 Å². The number of carbonyl (C=O) groups excluding carboxylic acids is 1. The summed E-state index contributed by atoms with van der Waals surface area (Å²) < 4.78 is 38.5. The lowest BCUT2D eigenvalue weighted by atomic mass is 10.2. The van der Waals surface area contributed by atoms with Gasteiger partial charge in [0.15, 0.2) is 23.6 Å². The van der Waals surface area contributed by atoms with E-state index < -0.39 is 11.6 Å². The van der Waals surface area contributed by atoms with Crippen molar-refractivity contribution < 1.29 is 28.2 Å². The van der Waals surface area contributed by atoms with E-state index in [9.17, 15) is 18.7 Å². The lowest BCUT2D eigenvalue weighted by Crippen LogP contribution is -2.26. The van der Waals surface area contributed by atoms with Crippen LogP contribution in [0.4, 0.5) is 8.78 Å². The number of aromatic hydroxyl groups is 1. The quantitative estimate of drug-likeness (QED) is 0.497. The lowest BCUT2D eigenvalue weighted by molar-refractivity contribution is 0.112. The first kappa shape index (κ1) is 20.6. The van der Waals surface area contributed by atoms with Gasteiger partial charge in [-0.05, 0) is 49.2 Å². The lowest BCUT2D eigenvalue weighted by Gasteiger charge is -2.16. The molecule has 5 nitrogen and oxygen atoms in total. The van der Waals surface area contributed by atoms with Crippen LogP contribution in [0, 0.1) is 5.82 Å². The molecule has 1 saturated heterocycles. The molecule has 1 aliphatic rings. The number of rotatable bonds is 8. The number of carbonyl (C=O) groups is 1. The molecule has 4 rings (SSSR count). The third-order valence-corrected chi connectivity index (χ3v) is 6.15. The molecule has 30 heavy (non-hydrogen) atoms. The van der Waals surface area contributed by atoms with Crippen LogP contribution in [0.5, 0.6) is 23.0 Å². The first-order valence-corrected chi connectivity index (χ1v) is 10.5. The molecule has 2 heterocycles. The highest BCUT2D eigenvalue weighted by Gasteiger charge is 2.23. The highest BCUT2D eigenvalue weighted by molar-refractivity contribution is 7.21. The van der Waals surface area contributed by atoms with Gasteiger partial charge in [-0.3, -0.25) is 14.1 Å². The molecule has 0 radical (unpaired) electrons. The topological polar surface area (TPSA) is 59.0 Å². The summed E-state index contributed by atoms with van der Waals surface area (Å²) in [5.41, 5.74) is 0. The third-order valence-electron chi connectivity index (χ3n) is 5.05. The van der Waals surface area contributed by atoms with Crippen molar-refractivity contribution in [2.24, 2.45) is 0 Å². The number of phenolic OH excluding ortho intramolecular Hbond substituents is 1. The Morgan fingerprint density at radius 2 is 1.97 bits per heavy atom. The second-order valence-corrected chi connectivity index (χ2v) is 8.19. The van der Waals surface area contributed by atoms with E-state index in [0.717, 1.165) is 37.4 Å². The smallest absolute Gasteiger partial charge is 0.182 e. The molecule has 0 amide bonds. The van der Waals surface area contributed by atoms with Crippen molar-refractivity contribution in [1.82, 2.24) is 4.90 Å². The number of alkyl halides is 1. The Morgan fingerprint density at radius 3 is 2.70 bits per heavy atom. The van der Waals surface area contributed by atoms with Crippen LogP contribution in [0.15, 0.2) is 36.4 Å². The monoisotopic (exact) mass is 433 g/mol. The number of phenols is 1. The van der Waals surface area contributed by atoms with Gasteiger partial charge >= 0.3 is 0 Å². The fraction of sp³-hybridized carbons (Fsp3) is 0.318. The molecule has 1 atom stereocenters. The van der Waals surface area contributed by atoms with Crippen molar-refractivity contribution in [3.8, 4) is 23.0 Å². The van der Waals surface area contributed by atoms with Gasteiger partial charge in [-0.2, -0.15) is 0 Å². The van der Waals surface area contributed by atoms with Crippen LogP contribution in [0.2, 0.25) is 0 Å². The Bertz CT molecular complexity index is 1040. The zero-order valence-corrected chi connectivity index (χ0v) is 17.0. The van der Waals surface area contributed by atoms with Crippen LogP contribution in [-0.4, -0.2) is 48.7 Å². The molecule has 3 aromatic rings. The van der Waals surface area contributed by atoms with Gasteiger partial charge in [0.2, 0.25) is 0 Å². The molecule has 0 spiro atoms. The number of likely N-dealkylation sites (tertiary alicyclic amines) is 1. The first-order valence-electron chi connectivity index (χ1n) is 9.71. The number of ether oxygens (including phenoxy) is 2. The maximum absolute atomic E-state index is 14.2. The largest absolute Gasteiger partial charge is 0.505 e. The fourth-order valence-electron chi connectivity index (χ4n) is 3.57. The highest BCUT2D eigenvalue weighted by atomic mass is 32.1. The Hall–Kier alpha value is -2.71. The van der Waals surface area contributed by atoms with Crippen molar-refractivity contribution in [2.75, 3.05) is 26.3 Å². The van der Waals surface area contributed by atoms with E-state index in [-0.39, 0.29) is 28.1 Å². The summed E-state index contributed by atoms with van der Waals surface area (Å²) in [6, 6.07) is 9.77. The maximum atomic E-state index is 14.2. The molecule has 1 unspecified atom stereocenters. The summed E-state index contributed by atoms with van der Waals surface area (Å²) in [4.78, 5) is 13.9. The number of hydrogen-bond acceptors (Lipinski definition) is 6. The SMILES string of the molecule is O=Cc1sc2c(F)c(O)ccc2c1Oc1ccc(OC2CCN(CCCF)C2)cc1. The molecule has 1 aromatic heterocycles. The Balaban J connectivity index is 1.45. The predicted octanol–water partition coefficient (Wildman–Crippen LogP) is 5.16. The minimum atomic E-state index is -0.767. The van der Waals surface area contributed by atoms with Gasteiger partial charge in [-0.1, -0.05) is 0 Å². The zero-order valence-electron chi connectivity index (χ0n) is 16.1. The number of thiophene rings is 1. The Morgan fingerprint density at radius 1 is 1.20 bits per heavy atom. The Labute approximate surface area is 176 Å². The van der Waals surface area contributed by atoms with E-state index in [4.69, 9.17) is 9.47 Å². The van der Waals surface area contributed by atoms with Crippen molar-refractivity contribution in [2.45, 2.75) is 18.9 Å². The second kappa shape index (κ2) is 8.97. The van der Waals surface area contributed by atoms with Gasteiger partial charge in [-0.15, -0.1) is 11.3 Å². The molecule has 2 aromatic carbocycles. The minimum absolute atomic E-state index is 0.0644. The van der Waals surface area contributed by atoms with E-state index in [0.29, 0.717) is 29.6 Å². The second-order valence-electron chi connectivity index (χ2n) is 7.13. The minimum Gasteiger partial charge on any atom is -0.505 e. The summed E-state index contributed by atoms with van der Waals surface area (Å²) in [6.07, 6.45) is 2.12. The average molecular weight is 433 g/mol. The number of benzene rings is 2. The maximum Gasteiger partial charge on any atom is 0.182 e. The molecule has 0 bridgehead atoms. The van der Waals surface area contributed by atoms with E-state index in [2.05, 4.69) is 4.90 Å². The van der Waals surface area contributed by atoms with Crippen molar-refractivity contribution in [1.29, 1.82) is 0 Å². The van der Waals surface area contributed by atoms with Crippen molar-refractivity contribution in [3.05, 3.63) is 47.1 Å². The molecular weight excluding hydrogens is 412 g/mol. The van der Waals surface area contributed by atoms with Crippen LogP contribution >= 0.6 is 11.3 Å². The van der Waals surface area contributed by atoms with Crippen molar-refractivity contribution in [3.63, 3.8) is 0 Å². The van der Waals surface area contributed by atoms with E-state index in [1.54, 1.807) is 24.3 Å². The first-order chi connectivity index (χ1) is 14.6. The summed E-state index contributed by atoms with van der Waals surface area (Å²) in [7, 11) is 0. The number of fused-ring (bicyclic) bond motifs is 1. The summed E-state index contributed by atoms with van der Waals surface area (Å²) in [5, 5.41) is 9.98. The zero-order chi connectivity index (χ0) is 21.1. The number of nitrogens with zero attached hydrogens (tertiary/aromatic N) is 1. The standard InChI is InChI=1S/C22H21F2NO4S/c23-9-1-10-25-11-8-16(12-25)28-14-2-4-15(5-3-14)29-21-17-6-7-18(27)20(24)22(17)30-19(21)13-26/h2-7,13,16,27H,1,8-12H2. The van der Waals surface area contributed by atoms with Gasteiger partial charge in [0, 0.05) is 25.0 Å². The summed E-state index contributed by atoms with van der Waals surface area (Å²) in [6.45, 7) is 2.12. The number of aldehydes is 1. The third kappa shape index (κ3) is 4.24. The summed E-state index contributed by atoms with van der Waals surface area (Å²) in [5.74, 6) is 0.202. The van der Waals surface area contributed by atoms with Crippen LogP contribution in [0.1, 0.15) is 22.5 Å². The fourth-order valence-corrected chi connectivity index (χ4v) is 4.55. The van der Waals surface area contributed by atoms with Gasteiger partial charge in [0.05, 0.1) is 11.4 Å². The number of halogens is 2. The predicted molar refractivity (Wildman–Crippen MR) is 111 cm³/mol. The van der Waals surface area contributed by atoms with Crippen molar-refractivity contribution >= 4 is 27.7 Å². The molecule has 1 aliphatic heterocycles. The van der Waals surface area contributed by atoms with Crippen LogP contribution in [0.25, 0.3) is 10.1 Å². The molecular formula is C22H21F2NO4S. The molecule has 8 heteroatoms. The average Bonchev–Trinajstić information content (AvgIpc) is 3.35. The number of hydrogen-bond donors (Lipinski definition) is 1. The highest BCUT2D eigenvalue weighted by Crippen LogP contribution is 2.42. The van der Waals surface area contributed by atoms with E-state index >= 15 is 0 Å². The van der Waals surface area contributed by atoms with Gasteiger partial charge in [-0.25, -0.2) is 4.39 Å². The summed E-state index contributed by atoms with van der Waals surface area (Å²) >= 11 is 0.933. The molecule has 0 saturated carbocycles. The van der Waals surface area contributed by atoms with E-state index in [1.165, 1.54) is 12.1 Å². The van der Waals surface area contributed by atoms with Crippen LogP contribution in [0.3, 0.4) is 0 Å².